The molecule has 2 heterocycles. The molecule has 0 fully saturated rings. The molecule has 0 aliphatic carbocycles. The van der Waals surface area contributed by atoms with Crippen LogP contribution in [0.3, 0.4) is 0 Å². The fourth-order valence-corrected chi connectivity index (χ4v) is 3.78. The molecule has 1 aromatic heterocycles. The highest BCUT2D eigenvalue weighted by molar-refractivity contribution is 6.10. The van der Waals surface area contributed by atoms with Crippen molar-refractivity contribution in [1.29, 1.82) is 0 Å². The molecule has 8 nitrogen and oxygen atoms in total. The fourth-order valence-electron chi connectivity index (χ4n) is 3.78. The van der Waals surface area contributed by atoms with E-state index in [9.17, 15) is 14.4 Å². The van der Waals surface area contributed by atoms with Crippen molar-refractivity contribution < 1.29 is 19.1 Å². The zero-order chi connectivity index (χ0) is 23.5. The van der Waals surface area contributed by atoms with Gasteiger partial charge in [-0.3, -0.25) is 14.5 Å². The molecule has 0 saturated heterocycles. The smallest absolute Gasteiger partial charge is 0.357 e. The number of esters is 1. The van der Waals surface area contributed by atoms with Gasteiger partial charge in [-0.1, -0.05) is 60.7 Å². The molecule has 0 atom stereocenters. The van der Waals surface area contributed by atoms with E-state index in [0.717, 1.165) is 5.56 Å². The second-order valence-electron chi connectivity index (χ2n) is 7.65. The summed E-state index contributed by atoms with van der Waals surface area (Å²) in [4.78, 5) is 39.2. The van der Waals surface area contributed by atoms with E-state index >= 15 is 0 Å². The van der Waals surface area contributed by atoms with E-state index in [-0.39, 0.29) is 18.1 Å². The van der Waals surface area contributed by atoms with Gasteiger partial charge >= 0.3 is 5.97 Å². The molecule has 3 aromatic carbocycles. The van der Waals surface area contributed by atoms with Crippen molar-refractivity contribution in [3.05, 3.63) is 96.7 Å². The van der Waals surface area contributed by atoms with Crippen LogP contribution in [-0.2, 0) is 14.3 Å². The summed E-state index contributed by atoms with van der Waals surface area (Å²) in [7, 11) is 0. The molecule has 5 rings (SSSR count). The first kappa shape index (κ1) is 21.1. The number of fused-ring (bicyclic) bond motifs is 1. The van der Waals surface area contributed by atoms with Crippen molar-refractivity contribution in [3.8, 4) is 16.9 Å². The number of aromatic nitrogens is 2. The Bertz CT molecular complexity index is 1370. The van der Waals surface area contributed by atoms with Gasteiger partial charge in [0.15, 0.2) is 12.3 Å². The zero-order valence-electron chi connectivity index (χ0n) is 18.0. The summed E-state index contributed by atoms with van der Waals surface area (Å²) in [5.74, 6) is -1.50. The van der Waals surface area contributed by atoms with Gasteiger partial charge in [-0.15, -0.1) is 0 Å². The fraction of sp³-hybridized carbons (Fsp3) is 0.0769. The van der Waals surface area contributed by atoms with Gasteiger partial charge in [0.1, 0.15) is 6.54 Å². The molecule has 0 radical (unpaired) electrons. The molecule has 0 spiro atoms. The van der Waals surface area contributed by atoms with E-state index in [1.165, 1.54) is 9.58 Å². The molecule has 1 aliphatic rings. The normalized spacial score (nSPS) is 12.6. The van der Waals surface area contributed by atoms with Crippen LogP contribution in [0.15, 0.2) is 91.0 Å². The van der Waals surface area contributed by atoms with Crippen LogP contribution >= 0.6 is 0 Å². The maximum atomic E-state index is 13.0. The molecule has 34 heavy (non-hydrogen) atoms. The Labute approximate surface area is 195 Å². The summed E-state index contributed by atoms with van der Waals surface area (Å²) >= 11 is 0. The number of rotatable bonds is 5. The number of hydrogen-bond donors (Lipinski definition) is 1. The lowest BCUT2D eigenvalue weighted by molar-refractivity contribution is -0.124. The van der Waals surface area contributed by atoms with Crippen LogP contribution in [-0.4, -0.2) is 40.7 Å². The average Bonchev–Trinajstić information content (AvgIpc) is 3.33. The van der Waals surface area contributed by atoms with Gasteiger partial charge in [0, 0.05) is 5.56 Å². The molecule has 8 heteroatoms. The highest BCUT2D eigenvalue weighted by atomic mass is 16.5. The van der Waals surface area contributed by atoms with Crippen molar-refractivity contribution >= 4 is 29.2 Å². The molecular formula is C26H20N4O4. The summed E-state index contributed by atoms with van der Waals surface area (Å²) in [6, 6.07) is 27.3. The van der Waals surface area contributed by atoms with E-state index in [2.05, 4.69) is 10.4 Å². The highest BCUT2D eigenvalue weighted by Crippen LogP contribution is 2.29. The Balaban J connectivity index is 1.39. The van der Waals surface area contributed by atoms with Gasteiger partial charge in [0.25, 0.3) is 5.91 Å². The molecule has 168 valence electrons. The number of amides is 2. The monoisotopic (exact) mass is 452 g/mol. The Kier molecular flexibility index (Phi) is 5.61. The minimum Gasteiger partial charge on any atom is -0.451 e. The second kappa shape index (κ2) is 9.03. The topological polar surface area (TPSA) is 93.5 Å². The van der Waals surface area contributed by atoms with E-state index in [1.54, 1.807) is 30.3 Å². The Morgan fingerprint density at radius 1 is 0.912 bits per heavy atom. The largest absolute Gasteiger partial charge is 0.451 e. The number of ether oxygens (including phenoxy) is 1. The summed E-state index contributed by atoms with van der Waals surface area (Å²) < 4.78 is 6.88. The minimum atomic E-state index is -0.693. The number of nitrogens with one attached hydrogen (secondary N) is 1. The molecule has 1 N–H and O–H groups in total. The maximum Gasteiger partial charge on any atom is 0.357 e. The van der Waals surface area contributed by atoms with Gasteiger partial charge in [-0.25, -0.2) is 9.48 Å². The van der Waals surface area contributed by atoms with Crippen molar-refractivity contribution in [2.75, 3.05) is 23.4 Å². The van der Waals surface area contributed by atoms with Crippen molar-refractivity contribution in [3.63, 3.8) is 0 Å². The number of hydrogen-bond acceptors (Lipinski definition) is 5. The molecule has 1 aliphatic heterocycles. The quantitative estimate of drug-likeness (QED) is 0.466. The predicted molar refractivity (Wildman–Crippen MR) is 127 cm³/mol. The standard InChI is InChI=1S/C26H20N4O4/c31-24-16-29(22-14-8-7-13-20(22)27-24)25(32)17-34-26(33)23-15-21(18-9-3-1-4-10-18)28-30(23)19-11-5-2-6-12-19/h1-15H,16-17H2,(H,27,31). The van der Waals surface area contributed by atoms with E-state index in [4.69, 9.17) is 4.74 Å². The molecule has 0 saturated carbocycles. The van der Waals surface area contributed by atoms with Crippen molar-refractivity contribution in [2.24, 2.45) is 0 Å². The van der Waals surface area contributed by atoms with Crippen LogP contribution in [0, 0.1) is 0 Å². The number of nitrogens with zero attached hydrogens (tertiary/aromatic N) is 3. The van der Waals surface area contributed by atoms with Crippen LogP contribution < -0.4 is 10.2 Å². The number of carbonyl (C=O) groups is 3. The van der Waals surface area contributed by atoms with Gasteiger partial charge in [0.2, 0.25) is 5.91 Å². The van der Waals surface area contributed by atoms with Gasteiger partial charge in [0.05, 0.1) is 22.8 Å². The minimum absolute atomic E-state index is 0.145. The SMILES string of the molecule is O=C1CN(C(=O)COC(=O)c2cc(-c3ccccc3)nn2-c2ccccc2)c2ccccc2N1. The third-order valence-electron chi connectivity index (χ3n) is 5.39. The molecular weight excluding hydrogens is 432 g/mol. The third kappa shape index (κ3) is 4.16. The van der Waals surface area contributed by atoms with Crippen LogP contribution in [0.25, 0.3) is 16.9 Å². The Morgan fingerprint density at radius 2 is 1.59 bits per heavy atom. The number of carbonyl (C=O) groups excluding carboxylic acids is 3. The summed E-state index contributed by atoms with van der Waals surface area (Å²) in [6.45, 7) is -0.658. The Hall–Kier alpha value is -4.72. The second-order valence-corrected chi connectivity index (χ2v) is 7.65. The van der Waals surface area contributed by atoms with Gasteiger partial charge in [-0.2, -0.15) is 5.10 Å². The first-order valence-corrected chi connectivity index (χ1v) is 10.7. The van der Waals surface area contributed by atoms with Crippen molar-refractivity contribution in [2.45, 2.75) is 0 Å². The molecule has 4 aromatic rings. The van der Waals surface area contributed by atoms with Gasteiger partial charge in [-0.05, 0) is 30.3 Å². The maximum absolute atomic E-state index is 13.0. The van der Waals surface area contributed by atoms with Crippen LogP contribution in [0.5, 0.6) is 0 Å². The lowest BCUT2D eigenvalue weighted by Gasteiger charge is -2.28. The first-order chi connectivity index (χ1) is 16.6. The summed E-state index contributed by atoms with van der Waals surface area (Å²) in [6.07, 6.45) is 0. The average molecular weight is 452 g/mol. The zero-order valence-corrected chi connectivity index (χ0v) is 18.0. The predicted octanol–water partition coefficient (Wildman–Crippen LogP) is 3.68. The van der Waals surface area contributed by atoms with Crippen molar-refractivity contribution in [1.82, 2.24) is 9.78 Å². The first-order valence-electron chi connectivity index (χ1n) is 10.7. The number of anilines is 2. The molecule has 0 bridgehead atoms. The summed E-state index contributed by atoms with van der Waals surface area (Å²) in [5.41, 5.74) is 3.42. The molecule has 2 amide bonds. The van der Waals surface area contributed by atoms with Gasteiger partial charge < -0.3 is 10.1 Å². The summed E-state index contributed by atoms with van der Waals surface area (Å²) in [5, 5.41) is 7.32. The van der Waals surface area contributed by atoms with E-state index in [0.29, 0.717) is 22.8 Å². The van der Waals surface area contributed by atoms with Crippen LogP contribution in [0.1, 0.15) is 10.5 Å². The lowest BCUT2D eigenvalue weighted by atomic mass is 10.1. The lowest BCUT2D eigenvalue weighted by Crippen LogP contribution is -2.44. The van der Waals surface area contributed by atoms with E-state index in [1.807, 2.05) is 60.7 Å². The highest BCUT2D eigenvalue weighted by Gasteiger charge is 2.28. The van der Waals surface area contributed by atoms with Crippen LogP contribution in [0.2, 0.25) is 0 Å². The van der Waals surface area contributed by atoms with Crippen LogP contribution in [0.4, 0.5) is 11.4 Å². The third-order valence-corrected chi connectivity index (χ3v) is 5.39. The molecule has 0 unspecified atom stereocenters. The number of benzene rings is 3. The number of para-hydroxylation sites is 3. The van der Waals surface area contributed by atoms with E-state index < -0.39 is 18.5 Å². The Morgan fingerprint density at radius 3 is 2.35 bits per heavy atom.